The first-order chi connectivity index (χ1) is 15.3. The molecule has 0 radical (unpaired) electrons. The molecule has 0 aliphatic heterocycles. The molecule has 0 spiro atoms. The molecule has 11 heteroatoms. The Morgan fingerprint density at radius 1 is 1.12 bits per heavy atom. The Morgan fingerprint density at radius 3 is 2.59 bits per heavy atom. The summed E-state index contributed by atoms with van der Waals surface area (Å²) >= 11 is 13.0. The van der Waals surface area contributed by atoms with Gasteiger partial charge in [-0.25, -0.2) is 9.18 Å². The van der Waals surface area contributed by atoms with E-state index in [1.165, 1.54) is 23.5 Å². The summed E-state index contributed by atoms with van der Waals surface area (Å²) in [6, 6.07) is 9.49. The number of rotatable bonds is 7. The second kappa shape index (κ2) is 10.7. The largest absolute Gasteiger partial charge is 0.326 e. The van der Waals surface area contributed by atoms with Gasteiger partial charge in [0.1, 0.15) is 16.9 Å². The lowest BCUT2D eigenvalue weighted by atomic mass is 9.98. The Kier molecular flexibility index (Phi) is 8.00. The molecule has 3 N–H and O–H groups in total. The Balaban J connectivity index is 1.68. The van der Waals surface area contributed by atoms with Crippen LogP contribution in [-0.2, 0) is 4.79 Å². The summed E-state index contributed by atoms with van der Waals surface area (Å²) in [5, 5.41) is 17.4. The molecule has 3 rings (SSSR count). The van der Waals surface area contributed by atoms with Crippen molar-refractivity contribution in [1.82, 2.24) is 15.5 Å². The topological polar surface area (TPSA) is 96.0 Å². The van der Waals surface area contributed by atoms with Crippen molar-refractivity contribution in [3.63, 3.8) is 0 Å². The molecule has 0 aliphatic carbocycles. The fourth-order valence-electron chi connectivity index (χ4n) is 2.78. The minimum atomic E-state index is -0.838. The number of amides is 3. The summed E-state index contributed by atoms with van der Waals surface area (Å²) in [6.07, 6.45) is 0.643. The first-order valence-corrected chi connectivity index (χ1v) is 11.3. The number of carbonyl (C=O) groups excluding carboxylic acids is 2. The molecular weight excluding hydrogens is 476 g/mol. The lowest BCUT2D eigenvalue weighted by Crippen LogP contribution is -2.49. The van der Waals surface area contributed by atoms with E-state index in [-0.39, 0.29) is 10.9 Å². The SMILES string of the molecule is CC[C@@H](C)[C@@H](NC(=O)Nc1ccc(F)c(Cl)c1)C(=O)Nc1nnc(-c2cccc(Cl)c2)s1. The van der Waals surface area contributed by atoms with Gasteiger partial charge in [-0.2, -0.15) is 0 Å². The van der Waals surface area contributed by atoms with Crippen molar-refractivity contribution in [3.05, 3.63) is 58.3 Å². The third kappa shape index (κ3) is 6.15. The predicted molar refractivity (Wildman–Crippen MR) is 126 cm³/mol. The summed E-state index contributed by atoms with van der Waals surface area (Å²) in [6.45, 7) is 3.75. The highest BCUT2D eigenvalue weighted by Crippen LogP contribution is 2.28. The van der Waals surface area contributed by atoms with Crippen LogP contribution in [0.3, 0.4) is 0 Å². The molecule has 0 aliphatic rings. The maximum absolute atomic E-state index is 13.3. The molecule has 3 aromatic rings. The van der Waals surface area contributed by atoms with E-state index in [9.17, 15) is 14.0 Å². The van der Waals surface area contributed by atoms with Gasteiger partial charge >= 0.3 is 6.03 Å². The van der Waals surface area contributed by atoms with Crippen LogP contribution in [0.25, 0.3) is 10.6 Å². The Labute approximate surface area is 198 Å². The van der Waals surface area contributed by atoms with Crippen molar-refractivity contribution in [2.75, 3.05) is 10.6 Å². The van der Waals surface area contributed by atoms with E-state index < -0.39 is 23.8 Å². The molecule has 2 aromatic carbocycles. The van der Waals surface area contributed by atoms with Crippen molar-refractivity contribution in [2.45, 2.75) is 26.3 Å². The molecule has 168 valence electrons. The number of nitrogens with zero attached hydrogens (tertiary/aromatic N) is 2. The van der Waals surface area contributed by atoms with Crippen molar-refractivity contribution < 1.29 is 14.0 Å². The zero-order valence-corrected chi connectivity index (χ0v) is 19.5. The maximum atomic E-state index is 13.3. The summed E-state index contributed by atoms with van der Waals surface area (Å²) in [5.41, 5.74) is 1.08. The van der Waals surface area contributed by atoms with Crippen LogP contribution in [0.5, 0.6) is 0 Å². The highest BCUT2D eigenvalue weighted by Gasteiger charge is 2.27. The predicted octanol–water partition coefficient (Wildman–Crippen LogP) is 5.83. The van der Waals surface area contributed by atoms with Gasteiger partial charge < -0.3 is 10.6 Å². The van der Waals surface area contributed by atoms with Crippen LogP contribution >= 0.6 is 34.5 Å². The van der Waals surface area contributed by atoms with E-state index in [4.69, 9.17) is 23.2 Å². The molecule has 7 nitrogen and oxygen atoms in total. The van der Waals surface area contributed by atoms with E-state index in [2.05, 4.69) is 26.1 Å². The zero-order valence-electron chi connectivity index (χ0n) is 17.2. The monoisotopic (exact) mass is 495 g/mol. The van der Waals surface area contributed by atoms with E-state index in [0.717, 1.165) is 11.6 Å². The van der Waals surface area contributed by atoms with Crippen LogP contribution < -0.4 is 16.0 Å². The number of halogens is 3. The minimum Gasteiger partial charge on any atom is -0.326 e. The summed E-state index contributed by atoms with van der Waals surface area (Å²) in [4.78, 5) is 25.3. The lowest BCUT2D eigenvalue weighted by Gasteiger charge is -2.23. The quantitative estimate of drug-likeness (QED) is 0.384. The molecule has 3 amide bonds. The lowest BCUT2D eigenvalue weighted by molar-refractivity contribution is -0.119. The van der Waals surface area contributed by atoms with E-state index >= 15 is 0 Å². The van der Waals surface area contributed by atoms with Gasteiger partial charge in [-0.05, 0) is 36.2 Å². The van der Waals surface area contributed by atoms with Gasteiger partial charge in [-0.3, -0.25) is 10.1 Å². The number of nitrogens with one attached hydrogen (secondary N) is 3. The normalized spacial score (nSPS) is 12.7. The van der Waals surface area contributed by atoms with Gasteiger partial charge in [-0.15, -0.1) is 10.2 Å². The van der Waals surface area contributed by atoms with Gasteiger partial charge in [0.2, 0.25) is 11.0 Å². The molecular formula is C21H20Cl2FN5O2S. The van der Waals surface area contributed by atoms with Gasteiger partial charge in [0, 0.05) is 16.3 Å². The molecule has 0 saturated heterocycles. The second-order valence-corrected chi connectivity index (χ2v) is 8.82. The average molecular weight is 496 g/mol. The highest BCUT2D eigenvalue weighted by atomic mass is 35.5. The van der Waals surface area contributed by atoms with Crippen LogP contribution in [0, 0.1) is 11.7 Å². The molecule has 32 heavy (non-hydrogen) atoms. The highest BCUT2D eigenvalue weighted by molar-refractivity contribution is 7.18. The number of carbonyl (C=O) groups is 2. The number of urea groups is 1. The van der Waals surface area contributed by atoms with Gasteiger partial charge in [0.25, 0.3) is 0 Å². The number of anilines is 2. The Hall–Kier alpha value is -2.75. The maximum Gasteiger partial charge on any atom is 0.319 e. The van der Waals surface area contributed by atoms with E-state index in [0.29, 0.717) is 27.3 Å². The van der Waals surface area contributed by atoms with Crippen molar-refractivity contribution in [1.29, 1.82) is 0 Å². The molecule has 2 atom stereocenters. The van der Waals surface area contributed by atoms with Crippen LogP contribution in [0.4, 0.5) is 20.0 Å². The summed E-state index contributed by atoms with van der Waals surface area (Å²) < 4.78 is 13.3. The second-order valence-electron chi connectivity index (χ2n) is 7.00. The fourth-order valence-corrected chi connectivity index (χ4v) is 3.89. The van der Waals surface area contributed by atoms with Gasteiger partial charge in [0.05, 0.1) is 5.02 Å². The van der Waals surface area contributed by atoms with Crippen LogP contribution in [0.2, 0.25) is 10.0 Å². The molecule has 0 unspecified atom stereocenters. The first-order valence-electron chi connectivity index (χ1n) is 9.69. The van der Waals surface area contributed by atoms with Gasteiger partial charge in [-0.1, -0.05) is 66.9 Å². The summed E-state index contributed by atoms with van der Waals surface area (Å²) in [7, 11) is 0. The number of aromatic nitrogens is 2. The Morgan fingerprint density at radius 2 is 1.91 bits per heavy atom. The average Bonchev–Trinajstić information content (AvgIpc) is 3.22. The molecule has 0 fully saturated rings. The Bertz CT molecular complexity index is 1130. The van der Waals surface area contributed by atoms with Crippen molar-refractivity contribution in [3.8, 4) is 10.6 Å². The number of hydrogen-bond acceptors (Lipinski definition) is 5. The molecule has 0 saturated carbocycles. The molecule has 0 bridgehead atoms. The number of hydrogen-bond donors (Lipinski definition) is 3. The van der Waals surface area contributed by atoms with E-state index in [1.54, 1.807) is 18.2 Å². The molecule has 1 aromatic heterocycles. The van der Waals surface area contributed by atoms with Crippen LogP contribution in [0.15, 0.2) is 42.5 Å². The van der Waals surface area contributed by atoms with Crippen LogP contribution in [0.1, 0.15) is 20.3 Å². The van der Waals surface area contributed by atoms with Crippen LogP contribution in [-0.4, -0.2) is 28.2 Å². The third-order valence-corrected chi connectivity index (χ3v) is 6.10. The van der Waals surface area contributed by atoms with Crippen molar-refractivity contribution >= 4 is 57.3 Å². The molecule has 1 heterocycles. The van der Waals surface area contributed by atoms with Gasteiger partial charge in [0.15, 0.2) is 0 Å². The third-order valence-electron chi connectivity index (χ3n) is 4.69. The fraction of sp³-hybridized carbons (Fsp3) is 0.238. The smallest absolute Gasteiger partial charge is 0.319 e. The number of benzene rings is 2. The first kappa shape index (κ1) is 23.9. The van der Waals surface area contributed by atoms with E-state index in [1.807, 2.05) is 19.9 Å². The minimum absolute atomic E-state index is 0.120. The zero-order chi connectivity index (χ0) is 23.3. The summed E-state index contributed by atoms with van der Waals surface area (Å²) in [5.74, 6) is -1.19. The van der Waals surface area contributed by atoms with Crippen molar-refractivity contribution in [2.24, 2.45) is 5.92 Å². The standard InChI is InChI=1S/C21H20Cl2FN5O2S/c1-3-11(2)17(26-20(31)25-14-7-8-16(24)15(23)10-14)18(30)27-21-29-28-19(32-21)12-5-4-6-13(22)9-12/h4-11,17H,3H2,1-2H3,(H2,25,26,31)(H,27,29,30)/t11-,17-/m1/s1.